The lowest BCUT2D eigenvalue weighted by Crippen LogP contribution is -2.23. The molecule has 1 N–H and O–H groups in total. The van der Waals surface area contributed by atoms with E-state index in [9.17, 15) is 4.79 Å². The van der Waals surface area contributed by atoms with Crippen LogP contribution in [0.5, 0.6) is 0 Å². The summed E-state index contributed by atoms with van der Waals surface area (Å²) in [5.41, 5.74) is 6.71. The van der Waals surface area contributed by atoms with E-state index in [1.807, 2.05) is 83.2 Å². The highest BCUT2D eigenvalue weighted by atomic mass is 16.1. The molecular formula is C29H27N5O. The first-order valence-electron chi connectivity index (χ1n) is 11.6. The second-order valence-corrected chi connectivity index (χ2v) is 8.67. The molecule has 0 radical (unpaired) electrons. The average molecular weight is 462 g/mol. The first-order valence-corrected chi connectivity index (χ1v) is 11.6. The van der Waals surface area contributed by atoms with Crippen LogP contribution in [0, 0.1) is 6.92 Å². The zero-order chi connectivity index (χ0) is 24.0. The molecule has 6 nitrogen and oxygen atoms in total. The van der Waals surface area contributed by atoms with E-state index < -0.39 is 0 Å². The lowest BCUT2D eigenvalue weighted by Gasteiger charge is -2.08. The fourth-order valence-electron chi connectivity index (χ4n) is 3.99. The molecule has 5 aromatic rings. The van der Waals surface area contributed by atoms with E-state index in [4.69, 9.17) is 5.10 Å². The number of nitrogens with one attached hydrogen (secondary N) is 1. The standard InChI is InChI=1S/C29H27N5O/c1-22-7-13-26(14-8-22)28-27(20-34(32-28)19-24-5-3-2-4-6-24)29(35)31-17-23-9-11-25(12-10-23)18-33-16-15-30-21-33/h2-16,20-21H,17-19H2,1H3,(H,31,35). The van der Waals surface area contributed by atoms with E-state index in [2.05, 4.69) is 34.6 Å². The first-order chi connectivity index (χ1) is 17.1. The molecular weight excluding hydrogens is 434 g/mol. The molecule has 0 aliphatic carbocycles. The SMILES string of the molecule is Cc1ccc(-c2nn(Cc3ccccc3)cc2C(=O)NCc2ccc(Cn3ccnc3)cc2)cc1. The van der Waals surface area contributed by atoms with Crippen molar-refractivity contribution in [3.05, 3.63) is 132 Å². The molecule has 1 amide bonds. The second-order valence-electron chi connectivity index (χ2n) is 8.67. The predicted octanol–water partition coefficient (Wildman–Crippen LogP) is 5.08. The molecule has 6 heteroatoms. The first kappa shape index (κ1) is 22.3. The van der Waals surface area contributed by atoms with Crippen LogP contribution >= 0.6 is 0 Å². The minimum absolute atomic E-state index is 0.137. The third-order valence-electron chi connectivity index (χ3n) is 5.92. The van der Waals surface area contributed by atoms with Crippen LogP contribution in [0.15, 0.2) is 104 Å². The van der Waals surface area contributed by atoms with Crippen LogP contribution in [0.4, 0.5) is 0 Å². The highest BCUT2D eigenvalue weighted by Gasteiger charge is 2.18. The van der Waals surface area contributed by atoms with Crippen molar-refractivity contribution in [2.24, 2.45) is 0 Å². The molecule has 0 atom stereocenters. The maximum absolute atomic E-state index is 13.2. The third kappa shape index (κ3) is 5.55. The van der Waals surface area contributed by atoms with E-state index in [-0.39, 0.29) is 5.91 Å². The normalized spacial score (nSPS) is 10.9. The third-order valence-corrected chi connectivity index (χ3v) is 5.92. The molecule has 35 heavy (non-hydrogen) atoms. The van der Waals surface area contributed by atoms with Gasteiger partial charge in [0.05, 0.1) is 18.4 Å². The number of imidazole rings is 1. The topological polar surface area (TPSA) is 64.7 Å². The van der Waals surface area contributed by atoms with Gasteiger partial charge in [0.15, 0.2) is 0 Å². The number of benzene rings is 3. The van der Waals surface area contributed by atoms with Crippen LogP contribution < -0.4 is 5.32 Å². The predicted molar refractivity (Wildman–Crippen MR) is 137 cm³/mol. The fourth-order valence-corrected chi connectivity index (χ4v) is 3.99. The van der Waals surface area contributed by atoms with Crippen molar-refractivity contribution in [2.75, 3.05) is 0 Å². The van der Waals surface area contributed by atoms with Gasteiger partial charge in [-0.2, -0.15) is 5.10 Å². The Labute approximate surface area is 204 Å². The summed E-state index contributed by atoms with van der Waals surface area (Å²) < 4.78 is 3.86. The molecule has 0 aliphatic heterocycles. The van der Waals surface area contributed by atoms with Crippen LogP contribution in [-0.2, 0) is 19.6 Å². The Hall–Kier alpha value is -4.45. The van der Waals surface area contributed by atoms with Crippen LogP contribution in [-0.4, -0.2) is 25.2 Å². The Bertz CT molecular complexity index is 1390. The molecule has 0 bridgehead atoms. The lowest BCUT2D eigenvalue weighted by molar-refractivity contribution is 0.0951. The van der Waals surface area contributed by atoms with Crippen molar-refractivity contribution in [3.63, 3.8) is 0 Å². The lowest BCUT2D eigenvalue weighted by atomic mass is 10.1. The van der Waals surface area contributed by atoms with E-state index in [0.717, 1.165) is 23.2 Å². The van der Waals surface area contributed by atoms with Crippen LogP contribution in [0.3, 0.4) is 0 Å². The quantitative estimate of drug-likeness (QED) is 0.350. The van der Waals surface area contributed by atoms with Crippen molar-refractivity contribution in [2.45, 2.75) is 26.6 Å². The molecule has 0 saturated heterocycles. The van der Waals surface area contributed by atoms with Gasteiger partial charge in [-0.15, -0.1) is 0 Å². The number of rotatable bonds is 8. The van der Waals surface area contributed by atoms with Gasteiger partial charge in [0.1, 0.15) is 5.69 Å². The van der Waals surface area contributed by atoms with Gasteiger partial charge >= 0.3 is 0 Å². The van der Waals surface area contributed by atoms with Crippen LogP contribution in [0.1, 0.15) is 32.6 Å². The summed E-state index contributed by atoms with van der Waals surface area (Å²) in [5, 5.41) is 7.85. The van der Waals surface area contributed by atoms with Crippen LogP contribution in [0.2, 0.25) is 0 Å². The summed E-state index contributed by atoms with van der Waals surface area (Å²) in [4.78, 5) is 17.3. The van der Waals surface area contributed by atoms with Crippen molar-refractivity contribution < 1.29 is 4.79 Å². The molecule has 0 fully saturated rings. The minimum Gasteiger partial charge on any atom is -0.348 e. The van der Waals surface area contributed by atoms with Crippen molar-refractivity contribution in [3.8, 4) is 11.3 Å². The molecule has 3 aromatic carbocycles. The molecule has 0 spiro atoms. The van der Waals surface area contributed by atoms with Gasteiger partial charge in [-0.25, -0.2) is 4.98 Å². The summed E-state index contributed by atoms with van der Waals surface area (Å²) in [7, 11) is 0. The highest BCUT2D eigenvalue weighted by Crippen LogP contribution is 2.23. The van der Waals surface area contributed by atoms with E-state index in [0.29, 0.717) is 24.3 Å². The van der Waals surface area contributed by atoms with Gasteiger partial charge < -0.3 is 9.88 Å². The van der Waals surface area contributed by atoms with E-state index in [1.54, 1.807) is 12.5 Å². The number of aryl methyl sites for hydroxylation is 1. The summed E-state index contributed by atoms with van der Waals surface area (Å²) in [6.07, 6.45) is 7.36. The number of aromatic nitrogens is 4. The number of hydrogen-bond donors (Lipinski definition) is 1. The van der Waals surface area contributed by atoms with Crippen LogP contribution in [0.25, 0.3) is 11.3 Å². The van der Waals surface area contributed by atoms with Gasteiger partial charge in [-0.05, 0) is 23.6 Å². The van der Waals surface area contributed by atoms with Gasteiger partial charge in [-0.1, -0.05) is 84.4 Å². The highest BCUT2D eigenvalue weighted by molar-refractivity contribution is 5.99. The number of amides is 1. The number of hydrogen-bond acceptors (Lipinski definition) is 3. The fraction of sp³-hybridized carbons (Fsp3) is 0.138. The molecule has 0 aliphatic rings. The van der Waals surface area contributed by atoms with E-state index in [1.165, 1.54) is 11.1 Å². The second kappa shape index (κ2) is 10.2. The summed E-state index contributed by atoms with van der Waals surface area (Å²) in [6, 6.07) is 26.5. The Morgan fingerprint density at radius 1 is 0.857 bits per heavy atom. The maximum Gasteiger partial charge on any atom is 0.255 e. The van der Waals surface area contributed by atoms with Gasteiger partial charge in [0.25, 0.3) is 5.91 Å². The Balaban J connectivity index is 1.32. The van der Waals surface area contributed by atoms with Gasteiger partial charge in [0.2, 0.25) is 0 Å². The monoisotopic (exact) mass is 461 g/mol. The van der Waals surface area contributed by atoms with Gasteiger partial charge in [-0.3, -0.25) is 9.48 Å². The Morgan fingerprint density at radius 2 is 1.57 bits per heavy atom. The van der Waals surface area contributed by atoms with Crippen molar-refractivity contribution in [1.82, 2.24) is 24.6 Å². The number of carbonyl (C=O) groups excluding carboxylic acids is 1. The Kier molecular flexibility index (Phi) is 6.52. The number of carbonyl (C=O) groups is 1. The van der Waals surface area contributed by atoms with Crippen molar-refractivity contribution in [1.29, 1.82) is 0 Å². The number of nitrogens with zero attached hydrogens (tertiary/aromatic N) is 4. The molecule has 174 valence electrons. The molecule has 5 rings (SSSR count). The summed E-state index contributed by atoms with van der Waals surface area (Å²) in [5.74, 6) is -0.137. The van der Waals surface area contributed by atoms with Gasteiger partial charge in [0, 0.05) is 37.2 Å². The van der Waals surface area contributed by atoms with E-state index >= 15 is 0 Å². The minimum atomic E-state index is -0.137. The maximum atomic E-state index is 13.2. The smallest absolute Gasteiger partial charge is 0.255 e. The Morgan fingerprint density at radius 3 is 2.29 bits per heavy atom. The summed E-state index contributed by atoms with van der Waals surface area (Å²) >= 11 is 0. The molecule has 2 heterocycles. The molecule has 0 saturated carbocycles. The zero-order valence-corrected chi connectivity index (χ0v) is 19.6. The molecule has 2 aromatic heterocycles. The zero-order valence-electron chi connectivity index (χ0n) is 19.6. The van der Waals surface area contributed by atoms with Crippen molar-refractivity contribution >= 4 is 5.91 Å². The largest absolute Gasteiger partial charge is 0.348 e. The molecule has 0 unspecified atom stereocenters. The average Bonchev–Trinajstić information content (AvgIpc) is 3.55. The summed E-state index contributed by atoms with van der Waals surface area (Å²) in [6.45, 7) is 3.87.